The lowest BCUT2D eigenvalue weighted by Gasteiger charge is -2.40. The molecule has 1 aromatic carbocycles. The minimum atomic E-state index is -2.69. The fourth-order valence-electron chi connectivity index (χ4n) is 8.21. The Morgan fingerprint density at radius 3 is 2.49 bits per heavy atom. The van der Waals surface area contributed by atoms with Crippen LogP contribution in [0.4, 0.5) is 20.3 Å². The lowest BCUT2D eigenvalue weighted by atomic mass is 9.91. The molecule has 3 saturated heterocycles. The number of alkyl halides is 2. The van der Waals surface area contributed by atoms with Crippen molar-refractivity contribution in [2.75, 3.05) is 81.9 Å². The van der Waals surface area contributed by atoms with Crippen LogP contribution in [0, 0.1) is 5.41 Å². The number of rotatable bonds is 7. The van der Waals surface area contributed by atoms with Gasteiger partial charge >= 0.3 is 0 Å². The number of ether oxygens (including phenoxy) is 1. The first-order valence-electron chi connectivity index (χ1n) is 18.1. The van der Waals surface area contributed by atoms with Crippen molar-refractivity contribution in [3.63, 3.8) is 0 Å². The zero-order valence-corrected chi connectivity index (χ0v) is 28.7. The number of amides is 1. The van der Waals surface area contributed by atoms with E-state index in [-0.39, 0.29) is 23.3 Å². The van der Waals surface area contributed by atoms with Crippen LogP contribution in [-0.4, -0.2) is 111 Å². The van der Waals surface area contributed by atoms with Gasteiger partial charge in [-0.3, -0.25) is 15.1 Å². The van der Waals surface area contributed by atoms with E-state index >= 15 is 0 Å². The number of nitrogens with zero attached hydrogens (tertiary/aromatic N) is 5. The standard InChI is InChI=1S/C37H50F2N8O2/c1-25(48)46-16-8-33(43-28-9-19-49-20-10-28)32(24-46)37(40)47-13-2-3-26-21-30(31(36(38)39)22-34(26)47)27-4-5-35(42-23-27)45-14-6-29(7-15-45)44-17-11-41-12-18-44/h4-5,21-23,28-29,36,40-41,43H,2-3,6-20,24H2,1H3. The highest BCUT2D eigenvalue weighted by Gasteiger charge is 2.32. The van der Waals surface area contributed by atoms with Crippen LogP contribution in [0.3, 0.4) is 0 Å². The number of carbonyl (C=O) groups is 1. The van der Waals surface area contributed by atoms with Crippen LogP contribution >= 0.6 is 0 Å². The van der Waals surface area contributed by atoms with Gasteiger partial charge in [0.2, 0.25) is 5.91 Å². The van der Waals surface area contributed by atoms with Crippen LogP contribution in [0.2, 0.25) is 0 Å². The van der Waals surface area contributed by atoms with Crippen LogP contribution in [0.5, 0.6) is 0 Å². The highest BCUT2D eigenvalue weighted by molar-refractivity contribution is 6.09. The van der Waals surface area contributed by atoms with Crippen molar-refractivity contribution in [2.24, 2.45) is 0 Å². The lowest BCUT2D eigenvalue weighted by molar-refractivity contribution is -0.128. The molecule has 1 aromatic heterocycles. The smallest absolute Gasteiger partial charge is 0.264 e. The fraction of sp³-hybridized carbons (Fsp3) is 0.595. The Hall–Kier alpha value is -3.61. The molecule has 5 aliphatic heterocycles. The van der Waals surface area contributed by atoms with E-state index in [2.05, 4.69) is 20.4 Å². The van der Waals surface area contributed by atoms with E-state index in [0.29, 0.717) is 62.1 Å². The average Bonchev–Trinajstić information content (AvgIpc) is 3.14. The number of amidine groups is 1. The molecular formula is C37H50F2N8O2. The summed E-state index contributed by atoms with van der Waals surface area (Å²) in [5, 5.41) is 16.5. The Bertz CT molecular complexity index is 1530. The Morgan fingerprint density at radius 2 is 1.80 bits per heavy atom. The van der Waals surface area contributed by atoms with Crippen molar-refractivity contribution in [3.05, 3.63) is 52.9 Å². The van der Waals surface area contributed by atoms with Gasteiger partial charge in [0, 0.05) is 125 Å². The van der Waals surface area contributed by atoms with Gasteiger partial charge in [-0.2, -0.15) is 0 Å². The summed E-state index contributed by atoms with van der Waals surface area (Å²) in [4.78, 5) is 25.7. The molecule has 49 heavy (non-hydrogen) atoms. The van der Waals surface area contributed by atoms with E-state index in [1.165, 1.54) is 0 Å². The number of piperidine rings is 1. The third-order valence-electron chi connectivity index (χ3n) is 11.1. The van der Waals surface area contributed by atoms with Gasteiger partial charge in [0.15, 0.2) is 0 Å². The van der Waals surface area contributed by atoms with Crippen LogP contribution in [0.25, 0.3) is 11.1 Å². The normalized spacial score (nSPS) is 21.7. The first-order chi connectivity index (χ1) is 23.9. The van der Waals surface area contributed by atoms with Gasteiger partial charge in [-0.05, 0) is 73.9 Å². The van der Waals surface area contributed by atoms with Crippen LogP contribution in [0.15, 0.2) is 41.7 Å². The summed E-state index contributed by atoms with van der Waals surface area (Å²) in [6.07, 6.45) is 5.22. The predicted molar refractivity (Wildman–Crippen MR) is 189 cm³/mol. The van der Waals surface area contributed by atoms with E-state index in [0.717, 1.165) is 100 Å². The molecule has 7 rings (SSSR count). The number of fused-ring (bicyclic) bond motifs is 1. The molecule has 6 heterocycles. The summed E-state index contributed by atoms with van der Waals surface area (Å²) in [6.45, 7) is 10.6. The van der Waals surface area contributed by atoms with Crippen LogP contribution < -0.4 is 20.4 Å². The lowest BCUT2D eigenvalue weighted by Crippen LogP contribution is -2.52. The zero-order valence-electron chi connectivity index (χ0n) is 28.7. The molecule has 1 amide bonds. The number of carbonyl (C=O) groups excluding carboxylic acids is 1. The number of aryl methyl sites for hydroxylation is 1. The summed E-state index contributed by atoms with van der Waals surface area (Å²) in [6, 6.07) is 8.25. The minimum absolute atomic E-state index is 0.0292. The van der Waals surface area contributed by atoms with Crippen molar-refractivity contribution >= 4 is 23.2 Å². The van der Waals surface area contributed by atoms with Gasteiger partial charge in [0.1, 0.15) is 11.7 Å². The maximum Gasteiger partial charge on any atom is 0.264 e. The van der Waals surface area contributed by atoms with Gasteiger partial charge < -0.3 is 30.1 Å². The van der Waals surface area contributed by atoms with Crippen molar-refractivity contribution in [2.45, 2.75) is 70.4 Å². The molecule has 5 aliphatic rings. The van der Waals surface area contributed by atoms with E-state index in [1.807, 2.05) is 23.1 Å². The first kappa shape index (κ1) is 33.9. The predicted octanol–water partition coefficient (Wildman–Crippen LogP) is 4.56. The largest absolute Gasteiger partial charge is 0.385 e. The summed E-state index contributed by atoms with van der Waals surface area (Å²) in [7, 11) is 0. The molecular weight excluding hydrogens is 626 g/mol. The molecule has 0 saturated carbocycles. The van der Waals surface area contributed by atoms with Gasteiger partial charge in [0.05, 0.1) is 6.54 Å². The number of hydrogen-bond acceptors (Lipinski definition) is 8. The van der Waals surface area contributed by atoms with Crippen molar-refractivity contribution in [1.82, 2.24) is 25.4 Å². The zero-order chi connectivity index (χ0) is 33.9. The molecule has 0 unspecified atom stereocenters. The third-order valence-corrected chi connectivity index (χ3v) is 11.1. The summed E-state index contributed by atoms with van der Waals surface area (Å²) < 4.78 is 35.2. The number of hydrogen-bond donors (Lipinski definition) is 3. The molecule has 3 fully saturated rings. The highest BCUT2D eigenvalue weighted by atomic mass is 19.3. The molecule has 10 nitrogen and oxygen atoms in total. The Kier molecular flexibility index (Phi) is 10.4. The van der Waals surface area contributed by atoms with E-state index in [1.54, 1.807) is 24.1 Å². The maximum absolute atomic E-state index is 14.8. The molecule has 0 spiro atoms. The molecule has 12 heteroatoms. The average molecular weight is 677 g/mol. The van der Waals surface area contributed by atoms with E-state index < -0.39 is 6.43 Å². The number of benzene rings is 1. The quantitative estimate of drug-likeness (QED) is 0.290. The maximum atomic E-state index is 14.8. The number of anilines is 2. The van der Waals surface area contributed by atoms with E-state index in [4.69, 9.17) is 9.72 Å². The molecule has 264 valence electrons. The molecule has 3 N–H and O–H groups in total. The second-order valence-electron chi connectivity index (χ2n) is 14.1. The second kappa shape index (κ2) is 15.1. The van der Waals surface area contributed by atoms with Crippen molar-refractivity contribution < 1.29 is 18.3 Å². The van der Waals surface area contributed by atoms with Gasteiger partial charge in [-0.25, -0.2) is 13.8 Å². The number of nitrogens with one attached hydrogen (secondary N) is 3. The molecule has 0 aliphatic carbocycles. The van der Waals surface area contributed by atoms with Gasteiger partial charge in [0.25, 0.3) is 6.43 Å². The monoisotopic (exact) mass is 676 g/mol. The summed E-state index contributed by atoms with van der Waals surface area (Å²) in [5.74, 6) is 1.14. The minimum Gasteiger partial charge on any atom is -0.385 e. The summed E-state index contributed by atoms with van der Waals surface area (Å²) in [5.41, 5.74) is 4.48. The Balaban J connectivity index is 1.12. The third kappa shape index (κ3) is 7.46. The van der Waals surface area contributed by atoms with Gasteiger partial charge in [-0.1, -0.05) is 0 Å². The van der Waals surface area contributed by atoms with E-state index in [9.17, 15) is 19.0 Å². The Morgan fingerprint density at radius 1 is 1.02 bits per heavy atom. The van der Waals surface area contributed by atoms with Crippen molar-refractivity contribution in [3.8, 4) is 11.1 Å². The molecule has 0 radical (unpaired) electrons. The number of piperazine rings is 1. The first-order valence-corrected chi connectivity index (χ1v) is 18.1. The van der Waals surface area contributed by atoms with Crippen LogP contribution in [-0.2, 0) is 16.0 Å². The van der Waals surface area contributed by atoms with Crippen molar-refractivity contribution in [1.29, 1.82) is 5.41 Å². The number of halogens is 2. The van der Waals surface area contributed by atoms with Gasteiger partial charge in [-0.15, -0.1) is 0 Å². The summed E-state index contributed by atoms with van der Waals surface area (Å²) >= 11 is 0. The second-order valence-corrected chi connectivity index (χ2v) is 14.1. The topological polar surface area (TPSA) is 100 Å². The Labute approximate surface area is 288 Å². The molecule has 2 aromatic rings. The SMILES string of the molecule is CC(=O)N1CCC(NC2CCOCC2)=C(C(=N)N2CCCc3cc(-c4ccc(N5CCC(N6CCNCC6)CC5)nc4)c(C(F)F)cc32)C1. The molecule has 0 atom stereocenters. The number of pyridine rings is 1. The van der Waals surface area contributed by atoms with Crippen LogP contribution in [0.1, 0.15) is 63.0 Å². The highest BCUT2D eigenvalue weighted by Crippen LogP contribution is 2.40. The molecule has 0 bridgehead atoms. The fourth-order valence-corrected chi connectivity index (χ4v) is 8.21. The number of aromatic nitrogens is 1.